The van der Waals surface area contributed by atoms with E-state index in [1.54, 1.807) is 11.3 Å². The molecule has 0 fully saturated rings. The molecule has 5 heteroatoms. The molecule has 3 aromatic rings. The first kappa shape index (κ1) is 14.8. The predicted octanol–water partition coefficient (Wildman–Crippen LogP) is 4.74. The number of nitrogens with zero attached hydrogens (tertiary/aromatic N) is 2. The number of benzene rings is 1. The van der Waals surface area contributed by atoms with Crippen molar-refractivity contribution in [3.8, 4) is 10.7 Å². The maximum atomic E-state index is 5.75. The van der Waals surface area contributed by atoms with Crippen LogP contribution in [0.15, 0.2) is 34.1 Å². The van der Waals surface area contributed by atoms with Gasteiger partial charge in [-0.25, -0.2) is 4.98 Å². The summed E-state index contributed by atoms with van der Waals surface area (Å²) in [6.07, 6.45) is 0. The highest BCUT2D eigenvalue weighted by molar-refractivity contribution is 9.11. The third-order valence-corrected chi connectivity index (χ3v) is 5.04. The molecule has 0 spiro atoms. The van der Waals surface area contributed by atoms with E-state index in [1.165, 1.54) is 4.88 Å². The fraction of sp³-hybridized carbons (Fsp3) is 0.312. The highest BCUT2D eigenvalue weighted by Gasteiger charge is 2.23. The Morgan fingerprint density at radius 3 is 2.57 bits per heavy atom. The Kier molecular flexibility index (Phi) is 3.67. The summed E-state index contributed by atoms with van der Waals surface area (Å²) in [4.78, 5) is 6.04. The van der Waals surface area contributed by atoms with Crippen molar-refractivity contribution in [2.24, 2.45) is 5.73 Å². The number of rotatable bonds is 2. The minimum absolute atomic E-state index is 0.0369. The third-order valence-electron chi connectivity index (χ3n) is 3.42. The van der Waals surface area contributed by atoms with Gasteiger partial charge in [-0.2, -0.15) is 0 Å². The van der Waals surface area contributed by atoms with Gasteiger partial charge in [-0.15, -0.1) is 11.3 Å². The lowest BCUT2D eigenvalue weighted by molar-refractivity contribution is 0.413. The fourth-order valence-electron chi connectivity index (χ4n) is 2.53. The van der Waals surface area contributed by atoms with Crippen molar-refractivity contribution in [3.63, 3.8) is 0 Å². The van der Waals surface area contributed by atoms with Crippen LogP contribution in [0.4, 0.5) is 0 Å². The van der Waals surface area contributed by atoms with Crippen molar-refractivity contribution >= 4 is 38.3 Å². The summed E-state index contributed by atoms with van der Waals surface area (Å²) < 4.78 is 3.42. The van der Waals surface area contributed by atoms with E-state index >= 15 is 0 Å². The number of fused-ring (bicyclic) bond motifs is 1. The van der Waals surface area contributed by atoms with Crippen molar-refractivity contribution in [2.75, 3.05) is 0 Å². The first-order valence-corrected chi connectivity index (χ1v) is 8.49. The van der Waals surface area contributed by atoms with Gasteiger partial charge >= 0.3 is 0 Å². The van der Waals surface area contributed by atoms with Crippen LogP contribution >= 0.6 is 27.3 Å². The second kappa shape index (κ2) is 5.23. The molecule has 2 heterocycles. The van der Waals surface area contributed by atoms with Gasteiger partial charge in [-0.3, -0.25) is 0 Å². The van der Waals surface area contributed by atoms with Crippen LogP contribution in [0.3, 0.4) is 0 Å². The van der Waals surface area contributed by atoms with Gasteiger partial charge in [0, 0.05) is 12.1 Å². The summed E-state index contributed by atoms with van der Waals surface area (Å²) in [6.45, 7) is 7.16. The Labute approximate surface area is 136 Å². The molecule has 0 bridgehead atoms. The molecule has 2 aromatic heterocycles. The molecule has 0 radical (unpaired) electrons. The first-order chi connectivity index (χ1) is 9.90. The summed E-state index contributed by atoms with van der Waals surface area (Å²) in [6, 6.07) is 10.5. The first-order valence-electron chi connectivity index (χ1n) is 6.88. The predicted molar refractivity (Wildman–Crippen MR) is 93.6 cm³/mol. The van der Waals surface area contributed by atoms with Crippen LogP contribution in [0.25, 0.3) is 21.7 Å². The molecule has 21 heavy (non-hydrogen) atoms. The summed E-state index contributed by atoms with van der Waals surface area (Å²) in [7, 11) is 0. The average molecular weight is 364 g/mol. The Hall–Kier alpha value is -1.17. The standard InChI is InChI=1S/C16H18BrN3S/c1-16(2,3)20-12-5-4-10(9-18)8-11(12)19-15(20)13-6-7-14(17)21-13/h4-8H,9,18H2,1-3H3. The summed E-state index contributed by atoms with van der Waals surface area (Å²) >= 11 is 5.24. The van der Waals surface area contributed by atoms with Gasteiger partial charge in [-0.1, -0.05) is 6.07 Å². The normalized spacial score (nSPS) is 12.2. The summed E-state index contributed by atoms with van der Waals surface area (Å²) in [5.74, 6) is 1.02. The van der Waals surface area contributed by atoms with E-state index in [9.17, 15) is 0 Å². The highest BCUT2D eigenvalue weighted by Crippen LogP contribution is 2.36. The van der Waals surface area contributed by atoms with Crippen molar-refractivity contribution in [2.45, 2.75) is 32.9 Å². The number of nitrogens with two attached hydrogens (primary N) is 1. The van der Waals surface area contributed by atoms with Crippen molar-refractivity contribution in [3.05, 3.63) is 39.7 Å². The minimum Gasteiger partial charge on any atom is -0.326 e. The maximum absolute atomic E-state index is 5.75. The monoisotopic (exact) mass is 363 g/mol. The fourth-order valence-corrected chi connectivity index (χ4v) is 3.90. The van der Waals surface area contributed by atoms with E-state index in [0.717, 1.165) is 26.2 Å². The van der Waals surface area contributed by atoms with Crippen LogP contribution < -0.4 is 5.73 Å². The molecular weight excluding hydrogens is 346 g/mol. The molecule has 0 unspecified atom stereocenters. The average Bonchev–Trinajstić information content (AvgIpc) is 3.00. The Balaban J connectivity index is 2.32. The van der Waals surface area contributed by atoms with Crippen molar-refractivity contribution in [1.82, 2.24) is 9.55 Å². The lowest BCUT2D eigenvalue weighted by Gasteiger charge is -2.24. The second-order valence-electron chi connectivity index (χ2n) is 6.07. The molecule has 0 amide bonds. The number of hydrogen-bond acceptors (Lipinski definition) is 3. The zero-order chi connectivity index (χ0) is 15.2. The highest BCUT2D eigenvalue weighted by atomic mass is 79.9. The topological polar surface area (TPSA) is 43.8 Å². The van der Waals surface area contributed by atoms with Gasteiger partial charge in [0.15, 0.2) is 5.82 Å². The number of hydrogen-bond donors (Lipinski definition) is 1. The van der Waals surface area contributed by atoms with E-state index in [1.807, 2.05) is 0 Å². The van der Waals surface area contributed by atoms with Crippen molar-refractivity contribution < 1.29 is 0 Å². The van der Waals surface area contributed by atoms with Gasteiger partial charge in [0.2, 0.25) is 0 Å². The van der Waals surface area contributed by atoms with Crippen LogP contribution in [0.1, 0.15) is 26.3 Å². The van der Waals surface area contributed by atoms with Gasteiger partial charge in [0.1, 0.15) is 0 Å². The Morgan fingerprint density at radius 1 is 1.24 bits per heavy atom. The molecule has 1 aromatic carbocycles. The molecule has 0 saturated carbocycles. The van der Waals surface area contributed by atoms with Gasteiger partial charge in [0.05, 0.1) is 19.7 Å². The molecular formula is C16H18BrN3S. The zero-order valence-corrected chi connectivity index (χ0v) is 14.8. The third kappa shape index (κ3) is 2.65. The lowest BCUT2D eigenvalue weighted by Crippen LogP contribution is -2.22. The van der Waals surface area contributed by atoms with Crippen LogP contribution in [0, 0.1) is 0 Å². The molecule has 110 valence electrons. The molecule has 0 atom stereocenters. The zero-order valence-electron chi connectivity index (χ0n) is 12.4. The van der Waals surface area contributed by atoms with Gasteiger partial charge < -0.3 is 10.3 Å². The SMILES string of the molecule is CC(C)(C)n1c(-c2ccc(Br)s2)nc2cc(CN)ccc21. The smallest absolute Gasteiger partial charge is 0.151 e. The molecule has 3 nitrogen and oxygen atoms in total. The quantitative estimate of drug-likeness (QED) is 0.714. The summed E-state index contributed by atoms with van der Waals surface area (Å²) in [5, 5.41) is 0. The number of thiophene rings is 1. The van der Waals surface area contributed by atoms with Crippen LogP contribution in [-0.2, 0) is 12.1 Å². The van der Waals surface area contributed by atoms with E-state index in [-0.39, 0.29) is 5.54 Å². The Morgan fingerprint density at radius 2 is 2.00 bits per heavy atom. The number of aromatic nitrogens is 2. The number of halogens is 1. The van der Waals surface area contributed by atoms with E-state index < -0.39 is 0 Å². The maximum Gasteiger partial charge on any atom is 0.151 e. The van der Waals surface area contributed by atoms with E-state index in [2.05, 4.69) is 71.6 Å². The van der Waals surface area contributed by atoms with Crippen LogP contribution in [0.2, 0.25) is 0 Å². The molecule has 0 aliphatic carbocycles. The molecule has 2 N–H and O–H groups in total. The lowest BCUT2D eigenvalue weighted by atomic mass is 10.1. The largest absolute Gasteiger partial charge is 0.326 e. The van der Waals surface area contributed by atoms with Crippen molar-refractivity contribution in [1.29, 1.82) is 0 Å². The van der Waals surface area contributed by atoms with E-state index in [0.29, 0.717) is 6.54 Å². The molecule has 0 saturated heterocycles. The van der Waals surface area contributed by atoms with Gasteiger partial charge in [-0.05, 0) is 66.5 Å². The van der Waals surface area contributed by atoms with Gasteiger partial charge in [0.25, 0.3) is 0 Å². The number of imidazole rings is 1. The molecule has 0 aliphatic rings. The molecule has 3 rings (SSSR count). The Bertz CT molecular complexity index is 796. The minimum atomic E-state index is -0.0369. The van der Waals surface area contributed by atoms with Crippen LogP contribution in [-0.4, -0.2) is 9.55 Å². The van der Waals surface area contributed by atoms with Crippen LogP contribution in [0.5, 0.6) is 0 Å². The second-order valence-corrected chi connectivity index (χ2v) is 8.54. The van der Waals surface area contributed by atoms with E-state index in [4.69, 9.17) is 10.7 Å². The molecule has 0 aliphatic heterocycles. The summed E-state index contributed by atoms with van der Waals surface area (Å²) in [5.41, 5.74) is 8.98.